The second kappa shape index (κ2) is 5.23. The van der Waals surface area contributed by atoms with E-state index in [0.29, 0.717) is 16.3 Å². The molecule has 0 fully saturated rings. The lowest BCUT2D eigenvalue weighted by Crippen LogP contribution is -2.06. The molecule has 2 heterocycles. The zero-order chi connectivity index (χ0) is 14.0. The molecule has 0 saturated carbocycles. The van der Waals surface area contributed by atoms with E-state index in [1.54, 1.807) is 26.0 Å². The third-order valence-corrected chi connectivity index (χ3v) is 3.33. The summed E-state index contributed by atoms with van der Waals surface area (Å²) in [4.78, 5) is 27.2. The topological polar surface area (TPSA) is 92.4 Å². The Labute approximate surface area is 113 Å². The average Bonchev–Trinajstić information content (AvgIpc) is 2.94. The Kier molecular flexibility index (Phi) is 3.66. The summed E-state index contributed by atoms with van der Waals surface area (Å²) in [6.45, 7) is 3.55. The molecule has 0 aliphatic carbocycles. The van der Waals surface area contributed by atoms with Gasteiger partial charge in [-0.3, -0.25) is 10.1 Å². The van der Waals surface area contributed by atoms with Gasteiger partial charge in [0.2, 0.25) is 0 Å². The molecule has 100 valence electrons. The Balaban J connectivity index is 2.47. The summed E-state index contributed by atoms with van der Waals surface area (Å²) in [5.74, 6) is 0.146. The van der Waals surface area contributed by atoms with Crippen molar-refractivity contribution in [3.8, 4) is 11.5 Å². The maximum Gasteiger partial charge on any atom is 0.410 e. The van der Waals surface area contributed by atoms with Crippen molar-refractivity contribution in [2.24, 2.45) is 5.92 Å². The molecule has 2 N–H and O–H groups in total. The van der Waals surface area contributed by atoms with Crippen LogP contribution < -0.4 is 5.32 Å². The Morgan fingerprint density at radius 3 is 2.74 bits per heavy atom. The van der Waals surface area contributed by atoms with Crippen molar-refractivity contribution in [3.05, 3.63) is 23.3 Å². The van der Waals surface area contributed by atoms with Crippen LogP contribution in [0.5, 0.6) is 0 Å². The van der Waals surface area contributed by atoms with Crippen molar-refractivity contribution in [1.29, 1.82) is 0 Å². The first-order valence-electron chi connectivity index (χ1n) is 5.58. The highest BCUT2D eigenvalue weighted by molar-refractivity contribution is 7.18. The third kappa shape index (κ3) is 2.82. The molecule has 2 aromatic rings. The molecular formula is C12H12N2O4S. The number of aromatic nitrogens is 1. The third-order valence-electron chi connectivity index (χ3n) is 2.34. The number of Topliss-reactive ketones (excluding diaryl/α,β-unsaturated/α-hetero) is 1. The molecule has 1 amide bonds. The van der Waals surface area contributed by atoms with E-state index in [-0.39, 0.29) is 16.8 Å². The second-order valence-electron chi connectivity index (χ2n) is 4.12. The summed E-state index contributed by atoms with van der Waals surface area (Å²) in [6, 6.07) is 3.36. The minimum atomic E-state index is -1.22. The van der Waals surface area contributed by atoms with Crippen LogP contribution in [0.25, 0.3) is 11.5 Å². The van der Waals surface area contributed by atoms with Crippen LogP contribution in [0.15, 0.2) is 22.8 Å². The smallest absolute Gasteiger partial charge is 0.410 e. The van der Waals surface area contributed by atoms with Gasteiger partial charge < -0.3 is 9.52 Å². The number of carbonyl (C=O) groups excluding carboxylic acids is 1. The largest absolute Gasteiger partial charge is 0.465 e. The molecule has 0 atom stereocenters. The predicted molar refractivity (Wildman–Crippen MR) is 70.6 cm³/mol. The van der Waals surface area contributed by atoms with Crippen LogP contribution in [-0.2, 0) is 0 Å². The summed E-state index contributed by atoms with van der Waals surface area (Å²) in [5, 5.41) is 11.0. The van der Waals surface area contributed by atoms with Gasteiger partial charge in [-0.05, 0) is 12.1 Å². The Morgan fingerprint density at radius 1 is 1.47 bits per heavy atom. The van der Waals surface area contributed by atoms with Gasteiger partial charge in [0.15, 0.2) is 16.7 Å². The fourth-order valence-corrected chi connectivity index (χ4v) is 2.52. The molecule has 2 aromatic heterocycles. The Hall–Kier alpha value is -2.15. The molecular weight excluding hydrogens is 268 g/mol. The van der Waals surface area contributed by atoms with E-state index in [4.69, 9.17) is 9.52 Å². The van der Waals surface area contributed by atoms with Crippen molar-refractivity contribution >= 4 is 28.3 Å². The van der Waals surface area contributed by atoms with E-state index in [0.717, 1.165) is 11.3 Å². The number of carboxylic acid groups (broad SMARTS) is 1. The number of nitrogens with zero attached hydrogens (tertiary/aromatic N) is 1. The monoisotopic (exact) mass is 280 g/mol. The predicted octanol–water partition coefficient (Wildman–Crippen LogP) is 3.33. The normalized spacial score (nSPS) is 10.7. The number of carbonyl (C=O) groups is 2. The molecule has 0 saturated heterocycles. The van der Waals surface area contributed by atoms with Crippen molar-refractivity contribution < 1.29 is 19.1 Å². The molecule has 7 heteroatoms. The van der Waals surface area contributed by atoms with Gasteiger partial charge in [0, 0.05) is 5.92 Å². The highest BCUT2D eigenvalue weighted by Gasteiger charge is 2.23. The Morgan fingerprint density at radius 2 is 2.21 bits per heavy atom. The lowest BCUT2D eigenvalue weighted by atomic mass is 10.1. The van der Waals surface area contributed by atoms with E-state index in [1.807, 2.05) is 0 Å². The standard InChI is InChI=1S/C12H12N2O4S/c1-6(2)9(15)10-8(7-4-3-5-18-7)13-11(19-10)14-12(16)17/h3-6H,1-2H3,(H,13,14)(H,16,17). The minimum Gasteiger partial charge on any atom is -0.465 e. The van der Waals surface area contributed by atoms with E-state index in [9.17, 15) is 9.59 Å². The van der Waals surface area contributed by atoms with Gasteiger partial charge >= 0.3 is 6.09 Å². The van der Waals surface area contributed by atoms with E-state index < -0.39 is 6.09 Å². The van der Waals surface area contributed by atoms with Gasteiger partial charge in [-0.1, -0.05) is 25.2 Å². The van der Waals surface area contributed by atoms with E-state index in [1.165, 1.54) is 6.26 Å². The molecule has 0 aliphatic rings. The fraction of sp³-hybridized carbons (Fsp3) is 0.250. The molecule has 0 unspecified atom stereocenters. The molecule has 0 spiro atoms. The first-order chi connectivity index (χ1) is 8.99. The lowest BCUT2D eigenvalue weighted by Gasteiger charge is -2.01. The zero-order valence-electron chi connectivity index (χ0n) is 10.3. The number of rotatable bonds is 4. The molecule has 2 rings (SSSR count). The first-order valence-corrected chi connectivity index (χ1v) is 6.39. The number of anilines is 1. The maximum atomic E-state index is 12.1. The summed E-state index contributed by atoms with van der Waals surface area (Å²) in [7, 11) is 0. The SMILES string of the molecule is CC(C)C(=O)c1sc(NC(=O)O)nc1-c1ccco1. The van der Waals surface area contributed by atoms with Crippen LogP contribution >= 0.6 is 11.3 Å². The van der Waals surface area contributed by atoms with Crippen molar-refractivity contribution in [2.45, 2.75) is 13.8 Å². The number of ketones is 1. The molecule has 0 aromatic carbocycles. The van der Waals surface area contributed by atoms with Gasteiger partial charge in [0.1, 0.15) is 10.6 Å². The summed E-state index contributed by atoms with van der Waals surface area (Å²) in [6.07, 6.45) is 0.256. The average molecular weight is 280 g/mol. The lowest BCUT2D eigenvalue weighted by molar-refractivity contribution is 0.0943. The molecule has 19 heavy (non-hydrogen) atoms. The number of amides is 1. The van der Waals surface area contributed by atoms with Crippen molar-refractivity contribution in [3.63, 3.8) is 0 Å². The van der Waals surface area contributed by atoms with Gasteiger partial charge in [-0.25, -0.2) is 9.78 Å². The molecule has 6 nitrogen and oxygen atoms in total. The van der Waals surface area contributed by atoms with Crippen LogP contribution in [0.1, 0.15) is 23.5 Å². The summed E-state index contributed by atoms with van der Waals surface area (Å²) >= 11 is 1.01. The minimum absolute atomic E-state index is 0.0951. The highest BCUT2D eigenvalue weighted by Crippen LogP contribution is 2.33. The fourth-order valence-electron chi connectivity index (χ4n) is 1.47. The molecule has 0 bridgehead atoms. The number of hydrogen-bond donors (Lipinski definition) is 2. The number of hydrogen-bond acceptors (Lipinski definition) is 5. The number of nitrogens with one attached hydrogen (secondary N) is 1. The Bertz CT molecular complexity index is 601. The molecule has 0 aliphatic heterocycles. The maximum absolute atomic E-state index is 12.1. The summed E-state index contributed by atoms with van der Waals surface area (Å²) in [5.41, 5.74) is 0.373. The van der Waals surface area contributed by atoms with Crippen LogP contribution in [0.4, 0.5) is 9.93 Å². The van der Waals surface area contributed by atoms with Crippen molar-refractivity contribution in [2.75, 3.05) is 5.32 Å². The van der Waals surface area contributed by atoms with Gasteiger partial charge in [-0.2, -0.15) is 0 Å². The highest BCUT2D eigenvalue weighted by atomic mass is 32.1. The number of furan rings is 1. The zero-order valence-corrected chi connectivity index (χ0v) is 11.2. The first kappa shape index (κ1) is 13.3. The van der Waals surface area contributed by atoms with E-state index >= 15 is 0 Å². The molecule has 0 radical (unpaired) electrons. The van der Waals surface area contributed by atoms with Crippen LogP contribution in [0.2, 0.25) is 0 Å². The van der Waals surface area contributed by atoms with Crippen molar-refractivity contribution in [1.82, 2.24) is 4.98 Å². The second-order valence-corrected chi connectivity index (χ2v) is 5.12. The van der Waals surface area contributed by atoms with Crippen LogP contribution in [0, 0.1) is 5.92 Å². The van der Waals surface area contributed by atoms with Crippen LogP contribution in [0.3, 0.4) is 0 Å². The van der Waals surface area contributed by atoms with E-state index in [2.05, 4.69) is 10.3 Å². The van der Waals surface area contributed by atoms with Gasteiger partial charge in [0.05, 0.1) is 6.26 Å². The van der Waals surface area contributed by atoms with Gasteiger partial charge in [-0.15, -0.1) is 0 Å². The van der Waals surface area contributed by atoms with Gasteiger partial charge in [0.25, 0.3) is 0 Å². The number of thiazole rings is 1. The quantitative estimate of drug-likeness (QED) is 0.838. The summed E-state index contributed by atoms with van der Waals surface area (Å²) < 4.78 is 5.23. The van der Waals surface area contributed by atoms with Crippen LogP contribution in [-0.4, -0.2) is 22.0 Å².